The van der Waals surface area contributed by atoms with Gasteiger partial charge >= 0.3 is 0 Å². The van der Waals surface area contributed by atoms with E-state index in [0.717, 1.165) is 12.5 Å². The Labute approximate surface area is 102 Å². The highest BCUT2D eigenvalue weighted by Gasteiger charge is 2.34. The van der Waals surface area contributed by atoms with Crippen LogP contribution in [0.5, 0.6) is 0 Å². The van der Waals surface area contributed by atoms with Crippen LogP contribution in [-0.2, 0) is 4.74 Å². The number of ether oxygens (including phenoxy) is 1. The lowest BCUT2D eigenvalue weighted by atomic mass is 9.84. The number of hydrogen-bond donors (Lipinski definition) is 0. The summed E-state index contributed by atoms with van der Waals surface area (Å²) >= 11 is 0. The Morgan fingerprint density at radius 1 is 1.19 bits per heavy atom. The van der Waals surface area contributed by atoms with E-state index in [1.54, 1.807) is 0 Å². The molecule has 0 radical (unpaired) electrons. The second kappa shape index (κ2) is 6.01. The van der Waals surface area contributed by atoms with Crippen molar-refractivity contribution in [2.75, 3.05) is 6.61 Å². The third-order valence-corrected chi connectivity index (χ3v) is 6.22. The molecule has 0 N–H and O–H groups in total. The van der Waals surface area contributed by atoms with E-state index < -0.39 is 0 Å². The lowest BCUT2D eigenvalue weighted by Crippen LogP contribution is -2.43. The van der Waals surface area contributed by atoms with E-state index >= 15 is 0 Å². The quantitative estimate of drug-likeness (QED) is 0.684. The Bertz CT molecular complexity index is 215. The zero-order valence-electron chi connectivity index (χ0n) is 10.5. The van der Waals surface area contributed by atoms with E-state index in [1.165, 1.54) is 57.8 Å². The van der Waals surface area contributed by atoms with Crippen LogP contribution in [0.2, 0.25) is 0 Å². The Kier molecular flexibility index (Phi) is 4.65. The van der Waals surface area contributed by atoms with Gasteiger partial charge in [0, 0.05) is 6.61 Å². The van der Waals surface area contributed by atoms with E-state index in [0.29, 0.717) is 5.22 Å². The minimum atomic E-state index is -0.234. The summed E-state index contributed by atoms with van der Waals surface area (Å²) in [6, 6.07) is 0. The van der Waals surface area contributed by atoms with Crippen LogP contribution in [0.3, 0.4) is 0 Å². The van der Waals surface area contributed by atoms with Crippen LogP contribution in [0.4, 0.5) is 0 Å². The predicted octanol–water partition coefficient (Wildman–Crippen LogP) is 3.17. The minimum absolute atomic E-state index is 0.234. The molecule has 1 nitrogen and oxygen atoms in total. The van der Waals surface area contributed by atoms with E-state index in [4.69, 9.17) is 4.74 Å². The van der Waals surface area contributed by atoms with Crippen LogP contribution < -0.4 is 0 Å². The zero-order valence-corrected chi connectivity index (χ0v) is 12.0. The van der Waals surface area contributed by atoms with Gasteiger partial charge in [-0.2, -0.15) is 0 Å². The molecule has 2 rings (SSSR count). The fraction of sp³-hybridized carbons (Fsp3) is 0.857. The van der Waals surface area contributed by atoms with Gasteiger partial charge in [0.15, 0.2) is 0 Å². The van der Waals surface area contributed by atoms with Gasteiger partial charge in [-0.15, -0.1) is 12.3 Å². The van der Waals surface area contributed by atoms with Gasteiger partial charge in [-0.3, -0.25) is 0 Å². The summed E-state index contributed by atoms with van der Waals surface area (Å²) in [4.78, 5) is 0. The first-order chi connectivity index (χ1) is 7.85. The Hall–Kier alpha value is -0.0831. The van der Waals surface area contributed by atoms with Gasteiger partial charge in [0.2, 0.25) is 0 Å². The highest BCUT2D eigenvalue weighted by atomic mass is 28.2. The average Bonchev–Trinajstić information content (AvgIpc) is 2.31. The third kappa shape index (κ3) is 3.20. The summed E-state index contributed by atoms with van der Waals surface area (Å²) in [7, 11) is -0.234. The lowest BCUT2D eigenvalue weighted by molar-refractivity contribution is -0.0368. The molecule has 0 aromatic carbocycles. The molecule has 0 bridgehead atoms. The third-order valence-electron chi connectivity index (χ3n) is 4.34. The van der Waals surface area contributed by atoms with Crippen LogP contribution in [0.15, 0.2) is 12.3 Å². The SMILES string of the molecule is C=C[SiH2]C1(CC2CCCCC2)CCCCO1. The maximum absolute atomic E-state index is 6.20. The minimum Gasteiger partial charge on any atom is -0.379 e. The molecule has 16 heavy (non-hydrogen) atoms. The first kappa shape index (κ1) is 12.4. The molecule has 0 spiro atoms. The van der Waals surface area contributed by atoms with Crippen molar-refractivity contribution in [1.82, 2.24) is 0 Å². The van der Waals surface area contributed by atoms with Crippen LogP contribution in [0, 0.1) is 5.92 Å². The van der Waals surface area contributed by atoms with E-state index in [2.05, 4.69) is 12.3 Å². The molecule has 1 saturated carbocycles. The van der Waals surface area contributed by atoms with Gasteiger partial charge in [-0.05, 0) is 31.6 Å². The molecule has 1 saturated heterocycles. The van der Waals surface area contributed by atoms with Crippen LogP contribution >= 0.6 is 0 Å². The molecule has 1 aliphatic carbocycles. The van der Waals surface area contributed by atoms with Gasteiger partial charge in [0.1, 0.15) is 0 Å². The van der Waals surface area contributed by atoms with Crippen molar-refractivity contribution in [1.29, 1.82) is 0 Å². The Morgan fingerprint density at radius 2 is 2.00 bits per heavy atom. The normalized spacial score (nSPS) is 33.2. The second-order valence-corrected chi connectivity index (χ2v) is 7.96. The van der Waals surface area contributed by atoms with Crippen molar-refractivity contribution in [3.8, 4) is 0 Å². The van der Waals surface area contributed by atoms with Gasteiger partial charge in [-0.25, -0.2) is 0 Å². The molecule has 2 aliphatic rings. The van der Waals surface area contributed by atoms with Gasteiger partial charge in [0.25, 0.3) is 0 Å². The highest BCUT2D eigenvalue weighted by Crippen LogP contribution is 2.36. The van der Waals surface area contributed by atoms with Crippen LogP contribution in [0.1, 0.15) is 57.8 Å². The van der Waals surface area contributed by atoms with Crippen LogP contribution in [0.25, 0.3) is 0 Å². The Morgan fingerprint density at radius 3 is 2.62 bits per heavy atom. The lowest BCUT2D eigenvalue weighted by Gasteiger charge is -2.40. The molecular weight excluding hydrogens is 212 g/mol. The predicted molar refractivity (Wildman–Crippen MR) is 72.5 cm³/mol. The molecule has 2 fully saturated rings. The Balaban J connectivity index is 1.92. The molecule has 0 aromatic rings. The highest BCUT2D eigenvalue weighted by molar-refractivity contribution is 6.45. The zero-order chi connectivity index (χ0) is 11.3. The summed E-state index contributed by atoms with van der Waals surface area (Å²) in [6.07, 6.45) is 12.6. The van der Waals surface area contributed by atoms with Gasteiger partial charge in [0.05, 0.1) is 14.7 Å². The summed E-state index contributed by atoms with van der Waals surface area (Å²) < 4.78 is 6.20. The largest absolute Gasteiger partial charge is 0.379 e. The number of rotatable bonds is 4. The molecule has 1 atom stereocenters. The van der Waals surface area contributed by atoms with Crippen molar-refractivity contribution in [3.05, 3.63) is 12.3 Å². The average molecular weight is 238 g/mol. The summed E-state index contributed by atoms with van der Waals surface area (Å²) in [6.45, 7) is 4.98. The molecule has 0 amide bonds. The van der Waals surface area contributed by atoms with Crippen LogP contribution in [-0.4, -0.2) is 21.4 Å². The van der Waals surface area contributed by atoms with Crippen molar-refractivity contribution >= 4 is 9.52 Å². The maximum atomic E-state index is 6.20. The second-order valence-electron chi connectivity index (χ2n) is 5.69. The van der Waals surface area contributed by atoms with Gasteiger partial charge in [-0.1, -0.05) is 32.1 Å². The van der Waals surface area contributed by atoms with Crippen molar-refractivity contribution in [2.45, 2.75) is 63.0 Å². The molecule has 92 valence electrons. The standard InChI is InChI=1S/C14H26OSi/c1-2-16-14(10-6-7-11-15-14)12-13-8-4-3-5-9-13/h2,13H,1,3-12,16H2. The molecule has 0 aromatic heterocycles. The van der Waals surface area contributed by atoms with Crippen molar-refractivity contribution in [2.24, 2.45) is 5.92 Å². The van der Waals surface area contributed by atoms with Gasteiger partial charge < -0.3 is 4.74 Å². The summed E-state index contributed by atoms with van der Waals surface area (Å²) in [5.41, 5.74) is 2.20. The fourth-order valence-electron chi connectivity index (χ4n) is 3.50. The first-order valence-corrected chi connectivity index (χ1v) is 8.62. The number of hydrogen-bond acceptors (Lipinski definition) is 1. The molecule has 1 aliphatic heterocycles. The molecule has 1 heterocycles. The van der Waals surface area contributed by atoms with Crippen molar-refractivity contribution < 1.29 is 4.74 Å². The summed E-state index contributed by atoms with van der Waals surface area (Å²) in [5.74, 6) is 0.958. The molecule has 2 heteroatoms. The van der Waals surface area contributed by atoms with Crippen molar-refractivity contribution in [3.63, 3.8) is 0 Å². The molecule has 1 unspecified atom stereocenters. The van der Waals surface area contributed by atoms with E-state index in [-0.39, 0.29) is 9.52 Å². The van der Waals surface area contributed by atoms with E-state index in [9.17, 15) is 0 Å². The monoisotopic (exact) mass is 238 g/mol. The summed E-state index contributed by atoms with van der Waals surface area (Å²) in [5, 5.41) is 0.308. The smallest absolute Gasteiger partial charge is 0.0827 e. The first-order valence-electron chi connectivity index (χ1n) is 7.09. The fourth-order valence-corrected chi connectivity index (χ4v) is 5.31. The molecular formula is C14H26OSi. The topological polar surface area (TPSA) is 9.23 Å². The van der Waals surface area contributed by atoms with E-state index in [1.807, 2.05) is 0 Å². The maximum Gasteiger partial charge on any atom is 0.0827 e.